The van der Waals surface area contributed by atoms with Crippen molar-refractivity contribution in [1.29, 1.82) is 0 Å². The van der Waals surface area contributed by atoms with E-state index in [4.69, 9.17) is 5.73 Å². The van der Waals surface area contributed by atoms with Crippen LogP contribution in [0.3, 0.4) is 0 Å². The molecule has 2 aromatic rings. The first kappa shape index (κ1) is 13.9. The summed E-state index contributed by atoms with van der Waals surface area (Å²) in [4.78, 5) is 11.4. The molecule has 0 unspecified atom stereocenters. The number of nitrogen functional groups attached to an aromatic ring is 1. The highest BCUT2D eigenvalue weighted by Crippen LogP contribution is 2.30. The third-order valence-electron chi connectivity index (χ3n) is 2.58. The zero-order chi connectivity index (χ0) is 13.8. The summed E-state index contributed by atoms with van der Waals surface area (Å²) in [7, 11) is 0. The fourth-order valence-electron chi connectivity index (χ4n) is 1.58. The molecule has 0 spiro atoms. The summed E-state index contributed by atoms with van der Waals surface area (Å²) < 4.78 is 1.02. The standard InChI is InChI=1S/C13H11BrN2O2S/c14-10-4-6-11(7-5-10)19-8-9-2-1-3-12(13(9)15)16(17)18/h1-7H,8,15H2. The molecule has 6 heteroatoms. The number of halogens is 1. The highest BCUT2D eigenvalue weighted by atomic mass is 79.9. The SMILES string of the molecule is Nc1c(CSc2ccc(Br)cc2)cccc1[N+](=O)[O-]. The number of thioether (sulfide) groups is 1. The molecule has 0 amide bonds. The van der Waals surface area contributed by atoms with Gasteiger partial charge in [-0.1, -0.05) is 28.1 Å². The van der Waals surface area contributed by atoms with Gasteiger partial charge in [-0.05, 0) is 29.8 Å². The molecule has 0 heterocycles. The Balaban J connectivity index is 2.13. The predicted molar refractivity (Wildman–Crippen MR) is 81.2 cm³/mol. The average Bonchev–Trinajstić information content (AvgIpc) is 2.39. The van der Waals surface area contributed by atoms with Crippen molar-refractivity contribution < 1.29 is 4.92 Å². The monoisotopic (exact) mass is 338 g/mol. The molecule has 0 saturated carbocycles. The van der Waals surface area contributed by atoms with Crippen LogP contribution in [-0.2, 0) is 5.75 Å². The summed E-state index contributed by atoms with van der Waals surface area (Å²) in [5, 5.41) is 10.8. The minimum atomic E-state index is -0.455. The Hall–Kier alpha value is -1.53. The number of nitro benzene ring substituents is 1. The zero-order valence-corrected chi connectivity index (χ0v) is 12.3. The predicted octanol–water partition coefficient (Wildman–Crippen LogP) is 4.23. The molecule has 0 aliphatic rings. The lowest BCUT2D eigenvalue weighted by Gasteiger charge is -2.06. The van der Waals surface area contributed by atoms with Crippen molar-refractivity contribution in [2.75, 3.05) is 5.73 Å². The van der Waals surface area contributed by atoms with Gasteiger partial charge in [-0.2, -0.15) is 0 Å². The van der Waals surface area contributed by atoms with Crippen LogP contribution in [0.2, 0.25) is 0 Å². The van der Waals surface area contributed by atoms with Crippen LogP contribution >= 0.6 is 27.7 Å². The number of nitrogens with two attached hydrogens (primary N) is 1. The van der Waals surface area contributed by atoms with Crippen molar-refractivity contribution in [2.45, 2.75) is 10.6 Å². The van der Waals surface area contributed by atoms with E-state index in [0.717, 1.165) is 14.9 Å². The van der Waals surface area contributed by atoms with Crippen molar-refractivity contribution in [2.24, 2.45) is 0 Å². The van der Waals surface area contributed by atoms with Crippen molar-refractivity contribution in [3.63, 3.8) is 0 Å². The van der Waals surface area contributed by atoms with Crippen molar-refractivity contribution in [3.8, 4) is 0 Å². The molecule has 0 aliphatic carbocycles. The van der Waals surface area contributed by atoms with Gasteiger partial charge in [-0.3, -0.25) is 10.1 Å². The van der Waals surface area contributed by atoms with E-state index in [-0.39, 0.29) is 11.4 Å². The van der Waals surface area contributed by atoms with Gasteiger partial charge < -0.3 is 5.73 Å². The van der Waals surface area contributed by atoms with Crippen LogP contribution in [0.25, 0.3) is 0 Å². The smallest absolute Gasteiger partial charge is 0.292 e. The lowest BCUT2D eigenvalue weighted by Crippen LogP contribution is -1.99. The summed E-state index contributed by atoms with van der Waals surface area (Å²) in [6.07, 6.45) is 0. The third-order valence-corrected chi connectivity index (χ3v) is 4.17. The van der Waals surface area contributed by atoms with Gasteiger partial charge in [0.15, 0.2) is 0 Å². The number of anilines is 1. The van der Waals surface area contributed by atoms with Gasteiger partial charge in [0.05, 0.1) is 4.92 Å². The molecule has 98 valence electrons. The van der Waals surface area contributed by atoms with E-state index < -0.39 is 4.92 Å². The summed E-state index contributed by atoms with van der Waals surface area (Å²) >= 11 is 4.97. The van der Waals surface area contributed by atoms with Crippen LogP contribution in [0.4, 0.5) is 11.4 Å². The Kier molecular flexibility index (Phi) is 4.44. The van der Waals surface area contributed by atoms with Crippen LogP contribution < -0.4 is 5.73 Å². The maximum absolute atomic E-state index is 10.8. The van der Waals surface area contributed by atoms with Gasteiger partial charge in [0.1, 0.15) is 5.69 Å². The molecule has 0 saturated heterocycles. The molecule has 0 aromatic heterocycles. The maximum Gasteiger partial charge on any atom is 0.292 e. The molecule has 2 N–H and O–H groups in total. The number of nitrogens with zero attached hydrogens (tertiary/aromatic N) is 1. The van der Waals surface area contributed by atoms with Gasteiger partial charge in [-0.25, -0.2) is 0 Å². The van der Waals surface area contributed by atoms with E-state index in [9.17, 15) is 10.1 Å². The Morgan fingerprint density at radius 3 is 2.53 bits per heavy atom. The molecule has 0 bridgehead atoms. The molecule has 2 aromatic carbocycles. The highest BCUT2D eigenvalue weighted by Gasteiger charge is 2.14. The first-order chi connectivity index (χ1) is 9.08. The minimum Gasteiger partial charge on any atom is -0.393 e. The second-order valence-electron chi connectivity index (χ2n) is 3.85. The van der Waals surface area contributed by atoms with E-state index in [1.54, 1.807) is 17.8 Å². The Labute approximate surface area is 123 Å². The summed E-state index contributed by atoms with van der Waals surface area (Å²) in [5.74, 6) is 0.606. The van der Waals surface area contributed by atoms with Crippen LogP contribution in [0.5, 0.6) is 0 Å². The largest absolute Gasteiger partial charge is 0.393 e. The van der Waals surface area contributed by atoms with Gasteiger partial charge in [0, 0.05) is 21.2 Å². The number of hydrogen-bond donors (Lipinski definition) is 1. The zero-order valence-electron chi connectivity index (χ0n) is 9.88. The van der Waals surface area contributed by atoms with Gasteiger partial charge in [0.25, 0.3) is 5.69 Å². The molecule has 0 atom stereocenters. The molecule has 19 heavy (non-hydrogen) atoms. The Morgan fingerprint density at radius 2 is 1.89 bits per heavy atom. The number of para-hydroxylation sites is 1. The van der Waals surface area contributed by atoms with Crippen molar-refractivity contribution in [3.05, 3.63) is 62.6 Å². The molecular formula is C13H11BrN2O2S. The number of hydrogen-bond acceptors (Lipinski definition) is 4. The van der Waals surface area contributed by atoms with E-state index in [1.807, 2.05) is 30.3 Å². The van der Waals surface area contributed by atoms with Gasteiger partial charge >= 0.3 is 0 Å². The van der Waals surface area contributed by atoms with Gasteiger partial charge in [0.2, 0.25) is 0 Å². The molecule has 4 nitrogen and oxygen atoms in total. The minimum absolute atomic E-state index is 0.0334. The van der Waals surface area contributed by atoms with Gasteiger partial charge in [-0.15, -0.1) is 11.8 Å². The number of benzene rings is 2. The maximum atomic E-state index is 10.8. The lowest BCUT2D eigenvalue weighted by atomic mass is 10.2. The fraction of sp³-hybridized carbons (Fsp3) is 0.0769. The fourth-order valence-corrected chi connectivity index (χ4v) is 2.74. The van der Waals surface area contributed by atoms with Crippen LogP contribution in [0.15, 0.2) is 51.8 Å². The second-order valence-corrected chi connectivity index (χ2v) is 5.81. The molecule has 0 fully saturated rings. The summed E-state index contributed by atoms with van der Waals surface area (Å²) in [5.41, 5.74) is 6.80. The average molecular weight is 339 g/mol. The third kappa shape index (κ3) is 3.48. The topological polar surface area (TPSA) is 69.2 Å². The number of rotatable bonds is 4. The molecule has 0 aliphatic heterocycles. The first-order valence-electron chi connectivity index (χ1n) is 5.48. The van der Waals surface area contributed by atoms with E-state index >= 15 is 0 Å². The van der Waals surface area contributed by atoms with E-state index in [2.05, 4.69) is 15.9 Å². The van der Waals surface area contributed by atoms with E-state index in [0.29, 0.717) is 5.75 Å². The molecular weight excluding hydrogens is 328 g/mol. The highest BCUT2D eigenvalue weighted by molar-refractivity contribution is 9.10. The summed E-state index contributed by atoms with van der Waals surface area (Å²) in [6.45, 7) is 0. The second kappa shape index (κ2) is 6.08. The van der Waals surface area contributed by atoms with Crippen LogP contribution in [0.1, 0.15) is 5.56 Å². The lowest BCUT2D eigenvalue weighted by molar-refractivity contribution is -0.383. The van der Waals surface area contributed by atoms with E-state index in [1.165, 1.54) is 6.07 Å². The molecule has 0 radical (unpaired) electrons. The van der Waals surface area contributed by atoms with Crippen LogP contribution in [-0.4, -0.2) is 4.92 Å². The normalized spacial score (nSPS) is 10.4. The summed E-state index contributed by atoms with van der Waals surface area (Å²) in [6, 6.07) is 12.8. The van der Waals surface area contributed by atoms with Crippen molar-refractivity contribution >= 4 is 39.1 Å². The van der Waals surface area contributed by atoms with Crippen molar-refractivity contribution in [1.82, 2.24) is 0 Å². The Bertz CT molecular complexity index is 602. The van der Waals surface area contributed by atoms with Crippen LogP contribution in [0, 0.1) is 10.1 Å². The number of nitro groups is 1. The first-order valence-corrected chi connectivity index (χ1v) is 7.26. The quantitative estimate of drug-likeness (QED) is 0.392. The Morgan fingerprint density at radius 1 is 1.21 bits per heavy atom. The molecule has 2 rings (SSSR count).